The van der Waals surface area contributed by atoms with Crippen molar-refractivity contribution in [3.63, 3.8) is 0 Å². The summed E-state index contributed by atoms with van der Waals surface area (Å²) in [7, 11) is 0. The van der Waals surface area contributed by atoms with E-state index in [2.05, 4.69) is 15.5 Å². The lowest BCUT2D eigenvalue weighted by Gasteiger charge is -2.20. The number of ether oxygens (including phenoxy) is 1. The molecule has 1 atom stereocenters. The summed E-state index contributed by atoms with van der Waals surface area (Å²) in [4.78, 5) is 4.35. The van der Waals surface area contributed by atoms with Crippen LogP contribution in [-0.4, -0.2) is 29.9 Å². The maximum Gasteiger partial charge on any atom is 0.259 e. The topological polar surface area (TPSA) is 60.2 Å². The maximum atomic E-state index is 6.11. The molecule has 19 heavy (non-hydrogen) atoms. The van der Waals surface area contributed by atoms with Crippen molar-refractivity contribution < 1.29 is 9.26 Å². The Labute approximate surface area is 119 Å². The van der Waals surface area contributed by atoms with Crippen LogP contribution in [0.5, 0.6) is 0 Å². The molecular formula is C12H11Cl2N3O2. The molecule has 1 aliphatic rings. The molecule has 1 fully saturated rings. The van der Waals surface area contributed by atoms with Crippen molar-refractivity contribution in [1.82, 2.24) is 15.5 Å². The van der Waals surface area contributed by atoms with E-state index in [9.17, 15) is 0 Å². The third kappa shape index (κ3) is 2.74. The Hall–Kier alpha value is -1.14. The highest BCUT2D eigenvalue weighted by Gasteiger charge is 2.22. The van der Waals surface area contributed by atoms with Crippen LogP contribution in [0, 0.1) is 0 Å². The first kappa shape index (κ1) is 12.9. The number of hydrogen-bond acceptors (Lipinski definition) is 5. The minimum Gasteiger partial charge on any atom is -0.378 e. The van der Waals surface area contributed by atoms with Gasteiger partial charge in [0.25, 0.3) is 5.89 Å². The molecule has 1 N–H and O–H groups in total. The highest BCUT2D eigenvalue weighted by atomic mass is 35.5. The van der Waals surface area contributed by atoms with Crippen LogP contribution in [0.15, 0.2) is 22.7 Å². The first-order chi connectivity index (χ1) is 9.24. The van der Waals surface area contributed by atoms with Gasteiger partial charge in [0.05, 0.1) is 29.8 Å². The van der Waals surface area contributed by atoms with Gasteiger partial charge in [-0.3, -0.25) is 0 Å². The first-order valence-corrected chi connectivity index (χ1v) is 6.60. The fourth-order valence-corrected chi connectivity index (χ4v) is 2.37. The van der Waals surface area contributed by atoms with Crippen LogP contribution >= 0.6 is 23.2 Å². The lowest BCUT2D eigenvalue weighted by molar-refractivity contribution is 0.0734. The second-order valence-electron chi connectivity index (χ2n) is 4.16. The zero-order valence-electron chi connectivity index (χ0n) is 9.90. The Morgan fingerprint density at radius 3 is 2.95 bits per heavy atom. The molecule has 1 aromatic heterocycles. The van der Waals surface area contributed by atoms with Crippen molar-refractivity contribution in [2.24, 2.45) is 0 Å². The summed E-state index contributed by atoms with van der Waals surface area (Å²) >= 11 is 12.0. The molecule has 2 heterocycles. The van der Waals surface area contributed by atoms with E-state index in [1.54, 1.807) is 18.2 Å². The molecule has 1 saturated heterocycles. The Kier molecular flexibility index (Phi) is 3.70. The highest BCUT2D eigenvalue weighted by molar-refractivity contribution is 6.36. The van der Waals surface area contributed by atoms with Crippen LogP contribution < -0.4 is 5.32 Å². The largest absolute Gasteiger partial charge is 0.378 e. The van der Waals surface area contributed by atoms with Crippen molar-refractivity contribution in [3.8, 4) is 11.5 Å². The predicted molar refractivity (Wildman–Crippen MR) is 71.3 cm³/mol. The van der Waals surface area contributed by atoms with Crippen molar-refractivity contribution in [2.75, 3.05) is 19.8 Å². The van der Waals surface area contributed by atoms with Gasteiger partial charge in [-0.2, -0.15) is 4.98 Å². The van der Waals surface area contributed by atoms with Crippen molar-refractivity contribution in [1.29, 1.82) is 0 Å². The highest BCUT2D eigenvalue weighted by Crippen LogP contribution is 2.29. The van der Waals surface area contributed by atoms with Crippen LogP contribution in [0.3, 0.4) is 0 Å². The van der Waals surface area contributed by atoms with Crippen molar-refractivity contribution >= 4 is 23.2 Å². The van der Waals surface area contributed by atoms with E-state index in [-0.39, 0.29) is 6.04 Å². The van der Waals surface area contributed by atoms with Crippen LogP contribution in [0.1, 0.15) is 11.9 Å². The zero-order valence-corrected chi connectivity index (χ0v) is 11.4. The Morgan fingerprint density at radius 1 is 1.32 bits per heavy atom. The minimum atomic E-state index is -0.0441. The number of morpholine rings is 1. The third-order valence-electron chi connectivity index (χ3n) is 2.84. The summed E-state index contributed by atoms with van der Waals surface area (Å²) in [5.41, 5.74) is 0.668. The SMILES string of the molecule is Clc1ccc(-c2nc([C@@H]3COCCN3)no2)c(Cl)c1. The summed E-state index contributed by atoms with van der Waals surface area (Å²) < 4.78 is 10.6. The number of hydrogen-bond donors (Lipinski definition) is 1. The van der Waals surface area contributed by atoms with Crippen LogP contribution in [0.25, 0.3) is 11.5 Å². The van der Waals surface area contributed by atoms with Gasteiger partial charge < -0.3 is 14.6 Å². The molecule has 0 bridgehead atoms. The second kappa shape index (κ2) is 5.46. The fraction of sp³-hybridized carbons (Fsp3) is 0.333. The lowest BCUT2D eigenvalue weighted by Crippen LogP contribution is -2.35. The Balaban J connectivity index is 1.87. The molecule has 7 heteroatoms. The molecule has 1 aliphatic heterocycles. The summed E-state index contributed by atoms with van der Waals surface area (Å²) in [6.45, 7) is 2.01. The van der Waals surface area contributed by atoms with Gasteiger partial charge in [0.15, 0.2) is 5.82 Å². The van der Waals surface area contributed by atoms with E-state index in [4.69, 9.17) is 32.5 Å². The first-order valence-electron chi connectivity index (χ1n) is 5.84. The van der Waals surface area contributed by atoms with Gasteiger partial charge in [0.2, 0.25) is 0 Å². The Morgan fingerprint density at radius 2 is 2.21 bits per heavy atom. The minimum absolute atomic E-state index is 0.0441. The van der Waals surface area contributed by atoms with Crippen molar-refractivity contribution in [2.45, 2.75) is 6.04 Å². The van der Waals surface area contributed by atoms with Gasteiger partial charge >= 0.3 is 0 Å². The van der Waals surface area contributed by atoms with E-state index >= 15 is 0 Å². The molecule has 0 radical (unpaired) electrons. The molecule has 2 aromatic rings. The average molecular weight is 300 g/mol. The van der Waals surface area contributed by atoms with Gasteiger partial charge in [-0.25, -0.2) is 0 Å². The molecule has 3 rings (SSSR count). The molecule has 0 unspecified atom stereocenters. The van der Waals surface area contributed by atoms with E-state index in [1.165, 1.54) is 0 Å². The fourth-order valence-electron chi connectivity index (χ4n) is 1.88. The van der Waals surface area contributed by atoms with Gasteiger partial charge in [-0.15, -0.1) is 0 Å². The number of nitrogens with zero attached hydrogens (tertiary/aromatic N) is 2. The van der Waals surface area contributed by atoms with Gasteiger partial charge in [-0.1, -0.05) is 28.4 Å². The zero-order chi connectivity index (χ0) is 13.2. The number of rotatable bonds is 2. The van der Waals surface area contributed by atoms with E-state index in [0.29, 0.717) is 40.5 Å². The van der Waals surface area contributed by atoms with Crippen molar-refractivity contribution in [3.05, 3.63) is 34.1 Å². The number of aromatic nitrogens is 2. The monoisotopic (exact) mass is 299 g/mol. The summed E-state index contributed by atoms with van der Waals surface area (Å²) in [6.07, 6.45) is 0. The molecule has 5 nitrogen and oxygen atoms in total. The average Bonchev–Trinajstić information content (AvgIpc) is 2.89. The summed E-state index contributed by atoms with van der Waals surface area (Å²) in [5.74, 6) is 0.949. The smallest absolute Gasteiger partial charge is 0.259 e. The second-order valence-corrected chi connectivity index (χ2v) is 5.01. The van der Waals surface area contributed by atoms with E-state index in [0.717, 1.165) is 6.54 Å². The van der Waals surface area contributed by atoms with Gasteiger partial charge in [0, 0.05) is 11.6 Å². The Bertz CT molecular complexity index is 582. The molecule has 1 aromatic carbocycles. The van der Waals surface area contributed by atoms with Crippen LogP contribution in [0.4, 0.5) is 0 Å². The van der Waals surface area contributed by atoms with E-state index in [1.807, 2.05) is 0 Å². The molecule has 0 amide bonds. The van der Waals surface area contributed by atoms with Gasteiger partial charge in [-0.05, 0) is 18.2 Å². The molecule has 0 saturated carbocycles. The molecular weight excluding hydrogens is 289 g/mol. The quantitative estimate of drug-likeness (QED) is 0.924. The number of nitrogens with one attached hydrogen (secondary N) is 1. The van der Waals surface area contributed by atoms with Crippen LogP contribution in [0.2, 0.25) is 10.0 Å². The molecule has 0 spiro atoms. The third-order valence-corrected chi connectivity index (χ3v) is 3.38. The lowest BCUT2D eigenvalue weighted by atomic mass is 10.2. The van der Waals surface area contributed by atoms with Gasteiger partial charge in [0.1, 0.15) is 0 Å². The van der Waals surface area contributed by atoms with E-state index < -0.39 is 0 Å². The summed E-state index contributed by atoms with van der Waals surface area (Å²) in [6, 6.07) is 5.09. The maximum absolute atomic E-state index is 6.11. The number of benzene rings is 1. The normalized spacial score (nSPS) is 19.6. The molecule has 0 aliphatic carbocycles. The standard InChI is InChI=1S/C12H11Cl2N3O2/c13-7-1-2-8(9(14)5-7)12-16-11(17-19-12)10-6-18-4-3-15-10/h1-2,5,10,15H,3-4,6H2/t10-/m0/s1. The number of halogens is 2. The predicted octanol–water partition coefficient (Wildman–Crippen LogP) is 2.70. The van der Waals surface area contributed by atoms with Crippen LogP contribution in [-0.2, 0) is 4.74 Å². The molecule has 100 valence electrons. The summed E-state index contributed by atoms with van der Waals surface area (Å²) in [5, 5.41) is 8.27.